The van der Waals surface area contributed by atoms with E-state index in [0.29, 0.717) is 18.1 Å². The summed E-state index contributed by atoms with van der Waals surface area (Å²) in [5.41, 5.74) is 1.30. The molecule has 5 nitrogen and oxygen atoms in total. The molecule has 2 N–H and O–H groups in total. The third kappa shape index (κ3) is 5.87. The molecule has 122 valence electrons. The van der Waals surface area contributed by atoms with Crippen molar-refractivity contribution in [2.45, 2.75) is 32.7 Å². The van der Waals surface area contributed by atoms with Gasteiger partial charge in [-0.25, -0.2) is 9.97 Å². The second kappa shape index (κ2) is 7.42. The minimum Gasteiger partial charge on any atom is -0.354 e. The summed E-state index contributed by atoms with van der Waals surface area (Å²) in [7, 11) is 0. The van der Waals surface area contributed by atoms with Crippen molar-refractivity contribution >= 4 is 23.5 Å². The van der Waals surface area contributed by atoms with Crippen LogP contribution in [0.3, 0.4) is 0 Å². The van der Waals surface area contributed by atoms with Crippen LogP contribution in [0.5, 0.6) is 0 Å². The molecule has 1 heterocycles. The fourth-order valence-electron chi connectivity index (χ4n) is 1.96. The summed E-state index contributed by atoms with van der Waals surface area (Å²) in [6.07, 6.45) is 3.86. The highest BCUT2D eigenvalue weighted by molar-refractivity contribution is 6.30. The Hall–Kier alpha value is -2.14. The molecule has 23 heavy (non-hydrogen) atoms. The third-order valence-electron chi connectivity index (χ3n) is 2.99. The molecule has 0 aliphatic heterocycles. The number of nitrogens with one attached hydrogen (secondary N) is 2. The summed E-state index contributed by atoms with van der Waals surface area (Å²) in [5, 5.41) is 6.73. The second-order valence-electron chi connectivity index (χ2n) is 6.31. The first-order chi connectivity index (χ1) is 10.8. The maximum absolute atomic E-state index is 12.0. The van der Waals surface area contributed by atoms with E-state index in [0.717, 1.165) is 17.0 Å². The van der Waals surface area contributed by atoms with Gasteiger partial charge in [-0.3, -0.25) is 4.79 Å². The number of hydrogen-bond acceptors (Lipinski definition) is 4. The van der Waals surface area contributed by atoms with Gasteiger partial charge in [-0.05, 0) is 44.9 Å². The number of carbonyl (C=O) groups is 1. The lowest BCUT2D eigenvalue weighted by molar-refractivity contribution is 0.0919. The molecule has 0 unspecified atom stereocenters. The van der Waals surface area contributed by atoms with Gasteiger partial charge in [0.1, 0.15) is 0 Å². The normalized spacial score (nSPS) is 11.1. The molecule has 2 aromatic rings. The topological polar surface area (TPSA) is 66.9 Å². The van der Waals surface area contributed by atoms with Gasteiger partial charge in [-0.1, -0.05) is 23.7 Å². The zero-order valence-electron chi connectivity index (χ0n) is 13.6. The number of anilines is 1. The quantitative estimate of drug-likeness (QED) is 0.881. The zero-order chi connectivity index (χ0) is 16.9. The van der Waals surface area contributed by atoms with Crippen LogP contribution in [0, 0.1) is 0 Å². The van der Waals surface area contributed by atoms with Gasteiger partial charge in [0.05, 0.1) is 5.56 Å². The number of amides is 1. The predicted octanol–water partition coefficient (Wildman–Crippen LogP) is 3.31. The SMILES string of the molecule is CC(C)(C)NC(=O)c1cnc(NCCc2cccc(Cl)c2)nc1. The molecule has 0 aliphatic carbocycles. The average Bonchev–Trinajstić information content (AvgIpc) is 2.46. The minimum atomic E-state index is -0.287. The highest BCUT2D eigenvalue weighted by Crippen LogP contribution is 2.11. The summed E-state index contributed by atoms with van der Waals surface area (Å²) in [6.45, 7) is 6.47. The van der Waals surface area contributed by atoms with E-state index in [1.807, 2.05) is 45.0 Å². The molecule has 1 aromatic carbocycles. The Morgan fingerprint density at radius 2 is 1.91 bits per heavy atom. The largest absolute Gasteiger partial charge is 0.354 e. The number of rotatable bonds is 5. The number of halogens is 1. The molecule has 0 atom stereocenters. The molecule has 0 saturated heterocycles. The first kappa shape index (κ1) is 17.2. The Balaban J connectivity index is 1.86. The van der Waals surface area contributed by atoms with Crippen molar-refractivity contribution in [3.8, 4) is 0 Å². The average molecular weight is 333 g/mol. The second-order valence-corrected chi connectivity index (χ2v) is 6.74. The van der Waals surface area contributed by atoms with Crippen LogP contribution in [0.1, 0.15) is 36.7 Å². The molecule has 0 spiro atoms. The number of carbonyl (C=O) groups excluding carboxylic acids is 1. The van der Waals surface area contributed by atoms with Crippen LogP contribution in [-0.4, -0.2) is 28.0 Å². The number of hydrogen-bond donors (Lipinski definition) is 2. The predicted molar refractivity (Wildman–Crippen MR) is 92.9 cm³/mol. The number of benzene rings is 1. The first-order valence-electron chi connectivity index (χ1n) is 7.46. The van der Waals surface area contributed by atoms with Crippen molar-refractivity contribution in [3.63, 3.8) is 0 Å². The highest BCUT2D eigenvalue weighted by Gasteiger charge is 2.15. The van der Waals surface area contributed by atoms with Crippen LogP contribution in [0.25, 0.3) is 0 Å². The Labute approximate surface area is 141 Å². The maximum Gasteiger partial charge on any atom is 0.254 e. The number of aromatic nitrogens is 2. The van der Waals surface area contributed by atoms with Crippen molar-refractivity contribution in [2.75, 3.05) is 11.9 Å². The van der Waals surface area contributed by atoms with Gasteiger partial charge in [0, 0.05) is 29.5 Å². The van der Waals surface area contributed by atoms with E-state index in [4.69, 9.17) is 11.6 Å². The zero-order valence-corrected chi connectivity index (χ0v) is 14.3. The standard InChI is InChI=1S/C17H21ClN4O/c1-17(2,3)22-15(23)13-10-20-16(21-11-13)19-8-7-12-5-4-6-14(18)9-12/h4-6,9-11H,7-8H2,1-3H3,(H,22,23)(H,19,20,21). The molecular formula is C17H21ClN4O. The summed E-state index contributed by atoms with van der Waals surface area (Å²) < 4.78 is 0. The minimum absolute atomic E-state index is 0.178. The van der Waals surface area contributed by atoms with Gasteiger partial charge in [0.25, 0.3) is 5.91 Å². The molecule has 0 aliphatic rings. The summed E-state index contributed by atoms with van der Waals surface area (Å²) >= 11 is 5.95. The van der Waals surface area contributed by atoms with E-state index in [9.17, 15) is 4.79 Å². The summed E-state index contributed by atoms with van der Waals surface area (Å²) in [6, 6.07) is 7.73. The van der Waals surface area contributed by atoms with Gasteiger partial charge in [0.2, 0.25) is 5.95 Å². The van der Waals surface area contributed by atoms with Crippen molar-refractivity contribution in [1.29, 1.82) is 0 Å². The van der Waals surface area contributed by atoms with E-state index in [1.165, 1.54) is 12.4 Å². The van der Waals surface area contributed by atoms with E-state index in [2.05, 4.69) is 20.6 Å². The molecule has 1 amide bonds. The van der Waals surface area contributed by atoms with Crippen molar-refractivity contribution in [1.82, 2.24) is 15.3 Å². The maximum atomic E-state index is 12.0. The van der Waals surface area contributed by atoms with Crippen molar-refractivity contribution < 1.29 is 4.79 Å². The molecule has 0 fully saturated rings. The third-order valence-corrected chi connectivity index (χ3v) is 3.22. The van der Waals surface area contributed by atoms with Crippen molar-refractivity contribution in [2.24, 2.45) is 0 Å². The Bertz CT molecular complexity index is 665. The molecule has 0 saturated carbocycles. The van der Waals surface area contributed by atoms with Crippen LogP contribution < -0.4 is 10.6 Å². The summed E-state index contributed by atoms with van der Waals surface area (Å²) in [4.78, 5) is 20.3. The fraction of sp³-hybridized carbons (Fsp3) is 0.353. The highest BCUT2D eigenvalue weighted by atomic mass is 35.5. The summed E-state index contributed by atoms with van der Waals surface area (Å²) in [5.74, 6) is 0.322. The molecule has 6 heteroatoms. The first-order valence-corrected chi connectivity index (χ1v) is 7.84. The van der Waals surface area contributed by atoms with E-state index in [1.54, 1.807) is 0 Å². The van der Waals surface area contributed by atoms with Crippen LogP contribution in [0.4, 0.5) is 5.95 Å². The van der Waals surface area contributed by atoms with Gasteiger partial charge >= 0.3 is 0 Å². The van der Waals surface area contributed by atoms with E-state index < -0.39 is 0 Å². The lowest BCUT2D eigenvalue weighted by Gasteiger charge is -2.20. The van der Waals surface area contributed by atoms with Gasteiger partial charge in [-0.2, -0.15) is 0 Å². The van der Waals surface area contributed by atoms with Gasteiger partial charge in [-0.15, -0.1) is 0 Å². The van der Waals surface area contributed by atoms with Crippen molar-refractivity contribution in [3.05, 3.63) is 52.8 Å². The molecule has 0 bridgehead atoms. The van der Waals surface area contributed by atoms with Crippen LogP contribution >= 0.6 is 11.6 Å². The lowest BCUT2D eigenvalue weighted by atomic mass is 10.1. The van der Waals surface area contributed by atoms with Gasteiger partial charge in [0.15, 0.2) is 0 Å². The Morgan fingerprint density at radius 1 is 1.22 bits per heavy atom. The number of nitrogens with zero attached hydrogens (tertiary/aromatic N) is 2. The molecule has 0 radical (unpaired) electrons. The Kier molecular flexibility index (Phi) is 5.55. The van der Waals surface area contributed by atoms with E-state index in [-0.39, 0.29) is 11.4 Å². The monoisotopic (exact) mass is 332 g/mol. The van der Waals surface area contributed by atoms with Gasteiger partial charge < -0.3 is 10.6 Å². The fourth-order valence-corrected chi connectivity index (χ4v) is 2.17. The molecular weight excluding hydrogens is 312 g/mol. The molecule has 1 aromatic heterocycles. The Morgan fingerprint density at radius 3 is 2.52 bits per heavy atom. The van der Waals surface area contributed by atoms with E-state index >= 15 is 0 Å². The smallest absolute Gasteiger partial charge is 0.254 e. The van der Waals surface area contributed by atoms with Crippen LogP contribution in [-0.2, 0) is 6.42 Å². The molecule has 2 rings (SSSR count). The van der Waals surface area contributed by atoms with Crippen LogP contribution in [0.15, 0.2) is 36.7 Å². The van der Waals surface area contributed by atoms with Crippen LogP contribution in [0.2, 0.25) is 5.02 Å². The lowest BCUT2D eigenvalue weighted by Crippen LogP contribution is -2.40.